The Bertz CT molecular complexity index is 769. The van der Waals surface area contributed by atoms with Crippen LogP contribution in [0.1, 0.15) is 40.8 Å². The summed E-state index contributed by atoms with van der Waals surface area (Å²) in [5.74, 6) is 0.364. The smallest absolute Gasteiger partial charge is 0.352 e. The van der Waals surface area contributed by atoms with Crippen molar-refractivity contribution in [2.75, 3.05) is 6.54 Å². The third kappa shape index (κ3) is 3.83. The Balaban J connectivity index is 1.62. The Morgan fingerprint density at radius 3 is 2.96 bits per heavy atom. The number of hydrogen-bond donors (Lipinski definition) is 1. The zero-order valence-corrected chi connectivity index (χ0v) is 13.8. The molecule has 5 nitrogen and oxygen atoms in total. The normalized spacial score (nSPS) is 17.2. The molecule has 0 saturated heterocycles. The third-order valence-corrected chi connectivity index (χ3v) is 4.46. The number of imidazole rings is 1. The number of alkyl halides is 3. The molecular formula is C17H19F3N4O. The van der Waals surface area contributed by atoms with Crippen LogP contribution in [0.4, 0.5) is 13.2 Å². The van der Waals surface area contributed by atoms with E-state index in [-0.39, 0.29) is 11.8 Å². The summed E-state index contributed by atoms with van der Waals surface area (Å²) in [5.41, 5.74) is 0.614. The van der Waals surface area contributed by atoms with Crippen LogP contribution in [0.3, 0.4) is 0 Å². The predicted octanol–water partition coefficient (Wildman–Crippen LogP) is 2.85. The predicted molar refractivity (Wildman–Crippen MR) is 85.0 cm³/mol. The summed E-state index contributed by atoms with van der Waals surface area (Å²) in [6.07, 6.45) is 1.76. The number of fused-ring (bicyclic) bond motifs is 1. The highest BCUT2D eigenvalue weighted by atomic mass is 19.4. The summed E-state index contributed by atoms with van der Waals surface area (Å²) in [5, 5.41) is 2.89. The van der Waals surface area contributed by atoms with Gasteiger partial charge in [-0.25, -0.2) is 4.98 Å². The highest BCUT2D eigenvalue weighted by Crippen LogP contribution is 2.30. The summed E-state index contributed by atoms with van der Waals surface area (Å²) in [6, 6.07) is 1.68. The summed E-state index contributed by atoms with van der Waals surface area (Å²) < 4.78 is 39.8. The van der Waals surface area contributed by atoms with Gasteiger partial charge in [-0.15, -0.1) is 0 Å². The molecule has 1 atom stereocenters. The van der Waals surface area contributed by atoms with Crippen molar-refractivity contribution in [1.29, 1.82) is 0 Å². The molecule has 0 aliphatic carbocycles. The van der Waals surface area contributed by atoms with Gasteiger partial charge in [0.15, 0.2) is 5.69 Å². The van der Waals surface area contributed by atoms with Crippen molar-refractivity contribution < 1.29 is 18.0 Å². The molecule has 8 heteroatoms. The van der Waals surface area contributed by atoms with Gasteiger partial charge in [-0.3, -0.25) is 9.78 Å². The zero-order chi connectivity index (χ0) is 18.0. The van der Waals surface area contributed by atoms with Crippen molar-refractivity contribution >= 4 is 5.91 Å². The largest absolute Gasteiger partial charge is 0.434 e. The maximum absolute atomic E-state index is 12.7. The number of amides is 1. The van der Waals surface area contributed by atoms with Crippen LogP contribution in [-0.4, -0.2) is 27.0 Å². The molecule has 0 unspecified atom stereocenters. The number of aryl methyl sites for hydroxylation is 2. The van der Waals surface area contributed by atoms with Gasteiger partial charge in [0.25, 0.3) is 5.91 Å². The first-order chi connectivity index (χ1) is 11.9. The molecule has 1 amide bonds. The van der Waals surface area contributed by atoms with E-state index in [9.17, 15) is 18.0 Å². The maximum atomic E-state index is 12.7. The number of carbonyl (C=O) groups is 1. The van der Waals surface area contributed by atoms with E-state index in [1.807, 2.05) is 6.92 Å². The topological polar surface area (TPSA) is 59.8 Å². The third-order valence-electron chi connectivity index (χ3n) is 4.46. The van der Waals surface area contributed by atoms with E-state index in [0.717, 1.165) is 11.8 Å². The lowest BCUT2D eigenvalue weighted by Crippen LogP contribution is -2.34. The monoisotopic (exact) mass is 352 g/mol. The summed E-state index contributed by atoms with van der Waals surface area (Å²) >= 11 is 0. The average molecular weight is 352 g/mol. The lowest BCUT2D eigenvalue weighted by Gasteiger charge is -2.24. The fraction of sp³-hybridized carbons (Fsp3) is 0.471. The van der Waals surface area contributed by atoms with E-state index in [0.29, 0.717) is 43.7 Å². The molecule has 0 bridgehead atoms. The second kappa shape index (κ2) is 6.85. The van der Waals surface area contributed by atoms with Gasteiger partial charge >= 0.3 is 6.18 Å². The highest BCUT2D eigenvalue weighted by Gasteiger charge is 2.35. The summed E-state index contributed by atoms with van der Waals surface area (Å²) in [4.78, 5) is 20.0. The molecule has 1 aliphatic rings. The van der Waals surface area contributed by atoms with Crippen molar-refractivity contribution in [3.63, 3.8) is 0 Å². The molecule has 2 aromatic heterocycles. The van der Waals surface area contributed by atoms with Gasteiger partial charge < -0.3 is 9.88 Å². The first-order valence-electron chi connectivity index (χ1n) is 8.22. The second-order valence-electron chi connectivity index (χ2n) is 6.19. The van der Waals surface area contributed by atoms with Gasteiger partial charge in [-0.2, -0.15) is 13.2 Å². The molecule has 1 N–H and O–H groups in total. The molecule has 0 spiro atoms. The Kier molecular flexibility index (Phi) is 4.78. The van der Waals surface area contributed by atoms with Gasteiger partial charge in [0, 0.05) is 43.7 Å². The number of pyridine rings is 1. The number of carbonyl (C=O) groups excluding carboxylic acids is 1. The van der Waals surface area contributed by atoms with Crippen LogP contribution in [0.25, 0.3) is 0 Å². The Labute approximate surface area is 143 Å². The number of nitrogens with one attached hydrogen (secondary N) is 1. The number of aromatic nitrogens is 3. The van der Waals surface area contributed by atoms with Crippen LogP contribution in [0.5, 0.6) is 0 Å². The molecule has 134 valence electrons. The standard InChI is InChI=1S/C17H19F3N4O/c1-2-12-8-21-6-5-13(12)16(25)22-7-11-3-4-15-23-14(17(18,19)20)10-24(15)9-11/h5-6,8,10-11H,2-4,7,9H2,1H3,(H,22,25)/t11-/m0/s1. The summed E-state index contributed by atoms with van der Waals surface area (Å²) in [7, 11) is 0. The molecule has 3 rings (SSSR count). The van der Waals surface area contributed by atoms with Crippen LogP contribution in [0.15, 0.2) is 24.7 Å². The molecule has 3 heterocycles. The van der Waals surface area contributed by atoms with Crippen LogP contribution in [0, 0.1) is 5.92 Å². The van der Waals surface area contributed by atoms with Crippen molar-refractivity contribution in [2.24, 2.45) is 5.92 Å². The number of halogens is 3. The SMILES string of the molecule is CCc1cnccc1C(=O)NC[C@@H]1CCc2nc(C(F)(F)F)cn2C1. The Morgan fingerprint density at radius 2 is 2.24 bits per heavy atom. The molecular weight excluding hydrogens is 333 g/mol. The van der Waals surface area contributed by atoms with E-state index in [2.05, 4.69) is 15.3 Å². The number of rotatable bonds is 4. The van der Waals surface area contributed by atoms with E-state index in [1.54, 1.807) is 23.0 Å². The van der Waals surface area contributed by atoms with Crippen LogP contribution >= 0.6 is 0 Å². The van der Waals surface area contributed by atoms with Gasteiger partial charge in [0.1, 0.15) is 5.82 Å². The highest BCUT2D eigenvalue weighted by molar-refractivity contribution is 5.95. The molecule has 25 heavy (non-hydrogen) atoms. The lowest BCUT2D eigenvalue weighted by atomic mass is 9.99. The molecule has 1 aliphatic heterocycles. The van der Waals surface area contributed by atoms with Gasteiger partial charge in [-0.05, 0) is 30.4 Å². The van der Waals surface area contributed by atoms with Gasteiger partial charge in [0.05, 0.1) is 0 Å². The Hall–Kier alpha value is -2.38. The number of nitrogens with zero attached hydrogens (tertiary/aromatic N) is 3. The maximum Gasteiger partial charge on any atom is 0.434 e. The van der Waals surface area contributed by atoms with Crippen molar-refractivity contribution in [3.8, 4) is 0 Å². The van der Waals surface area contributed by atoms with Gasteiger partial charge in [-0.1, -0.05) is 6.92 Å². The van der Waals surface area contributed by atoms with E-state index >= 15 is 0 Å². The quantitative estimate of drug-likeness (QED) is 0.920. The minimum Gasteiger partial charge on any atom is -0.352 e. The molecule has 0 radical (unpaired) electrons. The van der Waals surface area contributed by atoms with E-state index in [4.69, 9.17) is 0 Å². The Morgan fingerprint density at radius 1 is 1.44 bits per heavy atom. The molecule has 2 aromatic rings. The summed E-state index contributed by atoms with van der Waals surface area (Å²) in [6.45, 7) is 2.80. The number of hydrogen-bond acceptors (Lipinski definition) is 3. The minimum absolute atomic E-state index is 0.0821. The van der Waals surface area contributed by atoms with Crippen molar-refractivity contribution in [1.82, 2.24) is 19.9 Å². The van der Waals surface area contributed by atoms with E-state index < -0.39 is 11.9 Å². The van der Waals surface area contributed by atoms with Crippen LogP contribution < -0.4 is 5.32 Å². The average Bonchev–Trinajstić information content (AvgIpc) is 3.03. The van der Waals surface area contributed by atoms with Crippen molar-refractivity contribution in [3.05, 3.63) is 47.3 Å². The molecule has 0 aromatic carbocycles. The lowest BCUT2D eigenvalue weighted by molar-refractivity contribution is -0.141. The fourth-order valence-corrected chi connectivity index (χ4v) is 3.08. The molecule has 0 saturated carbocycles. The zero-order valence-electron chi connectivity index (χ0n) is 13.8. The molecule has 0 fully saturated rings. The van der Waals surface area contributed by atoms with Gasteiger partial charge in [0.2, 0.25) is 0 Å². The first kappa shape index (κ1) is 17.4. The van der Waals surface area contributed by atoms with Crippen molar-refractivity contribution in [2.45, 2.75) is 38.9 Å². The second-order valence-corrected chi connectivity index (χ2v) is 6.19. The fourth-order valence-electron chi connectivity index (χ4n) is 3.08. The minimum atomic E-state index is -4.42. The van der Waals surface area contributed by atoms with Crippen LogP contribution in [0.2, 0.25) is 0 Å². The van der Waals surface area contributed by atoms with Crippen LogP contribution in [-0.2, 0) is 25.6 Å². The first-order valence-corrected chi connectivity index (χ1v) is 8.22. The van der Waals surface area contributed by atoms with E-state index in [1.165, 1.54) is 0 Å².